The largest absolute Gasteiger partial charge is 0.493 e. The number of methoxy groups -OCH3 is 1. The van der Waals surface area contributed by atoms with Gasteiger partial charge in [-0.15, -0.1) is 0 Å². The standard InChI is InChI=1S/C32H33ClO8/c1-4-6-9-22-10-13-24(14-11-22)40-32(36)26-16-15-25(21-27(26)33)41-31(35)23-12-17-28(29(20-23)37-3)38-18-7-8-19-39-30(34)5-2/h5,10-17,20-21H,2,4,6-9,18-19H2,1,3H3. The molecule has 0 bridgehead atoms. The molecular formula is C32H33ClO8. The van der Waals surface area contributed by atoms with Crippen molar-refractivity contribution in [1.29, 1.82) is 0 Å². The highest BCUT2D eigenvalue weighted by molar-refractivity contribution is 6.33. The number of aryl methyl sites for hydroxylation is 1. The van der Waals surface area contributed by atoms with Crippen molar-refractivity contribution < 1.29 is 38.1 Å². The topological polar surface area (TPSA) is 97.4 Å². The molecule has 0 aliphatic carbocycles. The van der Waals surface area contributed by atoms with Crippen molar-refractivity contribution >= 4 is 29.5 Å². The first-order valence-electron chi connectivity index (χ1n) is 13.3. The van der Waals surface area contributed by atoms with E-state index in [4.69, 9.17) is 35.3 Å². The van der Waals surface area contributed by atoms with Crippen molar-refractivity contribution in [3.8, 4) is 23.0 Å². The third-order valence-corrected chi connectivity index (χ3v) is 6.24. The van der Waals surface area contributed by atoms with Crippen molar-refractivity contribution in [3.05, 3.63) is 95.0 Å². The number of ether oxygens (including phenoxy) is 5. The Labute approximate surface area is 244 Å². The van der Waals surface area contributed by atoms with Gasteiger partial charge in [-0.05, 0) is 73.7 Å². The number of halogens is 1. The van der Waals surface area contributed by atoms with Crippen LogP contribution in [-0.2, 0) is 16.0 Å². The fourth-order valence-electron chi connectivity index (χ4n) is 3.69. The summed E-state index contributed by atoms with van der Waals surface area (Å²) < 4.78 is 26.9. The number of carbonyl (C=O) groups is 3. The Morgan fingerprint density at radius 3 is 2.22 bits per heavy atom. The quantitative estimate of drug-likeness (QED) is 0.0819. The van der Waals surface area contributed by atoms with E-state index in [1.165, 1.54) is 36.9 Å². The Bertz CT molecular complexity index is 1350. The lowest BCUT2D eigenvalue weighted by molar-refractivity contribution is -0.137. The van der Waals surface area contributed by atoms with E-state index in [-0.39, 0.29) is 28.5 Å². The Morgan fingerprint density at radius 1 is 0.829 bits per heavy atom. The summed E-state index contributed by atoms with van der Waals surface area (Å²) in [5.41, 5.74) is 1.55. The first kappa shape index (κ1) is 31.2. The van der Waals surface area contributed by atoms with E-state index in [1.807, 2.05) is 12.1 Å². The maximum Gasteiger partial charge on any atom is 0.345 e. The van der Waals surface area contributed by atoms with Crippen LogP contribution in [-0.4, -0.2) is 38.2 Å². The Balaban J connectivity index is 1.55. The molecule has 0 aromatic heterocycles. The van der Waals surface area contributed by atoms with Crippen molar-refractivity contribution in [2.75, 3.05) is 20.3 Å². The van der Waals surface area contributed by atoms with Crippen molar-refractivity contribution in [3.63, 3.8) is 0 Å². The predicted octanol–water partition coefficient (Wildman–Crippen LogP) is 7.02. The van der Waals surface area contributed by atoms with E-state index >= 15 is 0 Å². The lowest BCUT2D eigenvalue weighted by atomic mass is 10.1. The number of hydrogen-bond donors (Lipinski definition) is 0. The second-order valence-corrected chi connectivity index (χ2v) is 9.37. The van der Waals surface area contributed by atoms with Crippen LogP contribution in [0.4, 0.5) is 0 Å². The minimum absolute atomic E-state index is 0.0838. The molecule has 0 radical (unpaired) electrons. The molecule has 3 aromatic rings. The molecule has 8 nitrogen and oxygen atoms in total. The zero-order valence-corrected chi connectivity index (χ0v) is 23.9. The van der Waals surface area contributed by atoms with Crippen LogP contribution in [0, 0.1) is 0 Å². The molecule has 0 aliphatic rings. The van der Waals surface area contributed by atoms with Crippen LogP contribution in [0.3, 0.4) is 0 Å². The van der Waals surface area contributed by atoms with Crippen LogP contribution < -0.4 is 18.9 Å². The van der Waals surface area contributed by atoms with Gasteiger partial charge in [-0.2, -0.15) is 0 Å². The summed E-state index contributed by atoms with van der Waals surface area (Å²) in [6.07, 6.45) is 5.56. The van der Waals surface area contributed by atoms with E-state index in [2.05, 4.69) is 13.5 Å². The van der Waals surface area contributed by atoms with Gasteiger partial charge in [-0.25, -0.2) is 14.4 Å². The highest BCUT2D eigenvalue weighted by Gasteiger charge is 2.17. The molecule has 0 amide bonds. The van der Waals surface area contributed by atoms with Crippen molar-refractivity contribution in [2.45, 2.75) is 39.0 Å². The zero-order valence-electron chi connectivity index (χ0n) is 23.2. The minimum Gasteiger partial charge on any atom is -0.493 e. The number of esters is 3. The van der Waals surface area contributed by atoms with Crippen molar-refractivity contribution in [1.82, 2.24) is 0 Å². The fraction of sp³-hybridized carbons (Fsp3) is 0.281. The van der Waals surface area contributed by atoms with Gasteiger partial charge in [-0.3, -0.25) is 0 Å². The molecule has 3 aromatic carbocycles. The average Bonchev–Trinajstić information content (AvgIpc) is 2.98. The Hall–Kier alpha value is -4.30. The van der Waals surface area contributed by atoms with Gasteiger partial charge in [0.1, 0.15) is 11.5 Å². The molecule has 216 valence electrons. The summed E-state index contributed by atoms with van der Waals surface area (Å²) in [5, 5.41) is 0.0838. The number of unbranched alkanes of at least 4 members (excludes halogenated alkanes) is 2. The van der Waals surface area contributed by atoms with Gasteiger partial charge in [0.05, 0.1) is 36.5 Å². The highest BCUT2D eigenvalue weighted by Crippen LogP contribution is 2.30. The van der Waals surface area contributed by atoms with Gasteiger partial charge in [0.2, 0.25) is 0 Å². The maximum absolute atomic E-state index is 12.8. The molecule has 0 N–H and O–H groups in total. The molecule has 0 fully saturated rings. The summed E-state index contributed by atoms with van der Waals surface area (Å²) in [5.74, 6) is -0.346. The van der Waals surface area contributed by atoms with E-state index < -0.39 is 17.9 Å². The number of carbonyl (C=O) groups excluding carboxylic acids is 3. The molecule has 0 saturated heterocycles. The molecule has 0 spiro atoms. The van der Waals surface area contributed by atoms with Gasteiger partial charge in [0.15, 0.2) is 11.5 Å². The summed E-state index contributed by atoms with van der Waals surface area (Å²) in [6, 6.07) is 16.3. The molecule has 3 rings (SSSR count). The third kappa shape index (κ3) is 9.69. The van der Waals surface area contributed by atoms with E-state index in [0.29, 0.717) is 36.7 Å². The number of rotatable bonds is 15. The molecule has 0 heterocycles. The van der Waals surface area contributed by atoms with Crippen LogP contribution >= 0.6 is 11.6 Å². The normalized spacial score (nSPS) is 10.4. The molecule has 0 atom stereocenters. The first-order chi connectivity index (χ1) is 19.8. The second kappa shape index (κ2) is 16.1. The van der Waals surface area contributed by atoms with E-state index in [1.54, 1.807) is 24.3 Å². The van der Waals surface area contributed by atoms with Crippen LogP contribution in [0.5, 0.6) is 23.0 Å². The molecule has 0 saturated carbocycles. The van der Waals surface area contributed by atoms with Crippen LogP contribution in [0.25, 0.3) is 0 Å². The molecule has 0 unspecified atom stereocenters. The average molecular weight is 581 g/mol. The minimum atomic E-state index is -0.645. The lowest BCUT2D eigenvalue weighted by Gasteiger charge is -2.12. The predicted molar refractivity (Wildman–Crippen MR) is 155 cm³/mol. The van der Waals surface area contributed by atoms with Gasteiger partial charge in [-0.1, -0.05) is 43.7 Å². The van der Waals surface area contributed by atoms with Crippen LogP contribution in [0.1, 0.15) is 58.9 Å². The van der Waals surface area contributed by atoms with Gasteiger partial charge < -0.3 is 23.7 Å². The zero-order chi connectivity index (χ0) is 29.6. The second-order valence-electron chi connectivity index (χ2n) is 8.96. The highest BCUT2D eigenvalue weighted by atomic mass is 35.5. The van der Waals surface area contributed by atoms with Crippen LogP contribution in [0.2, 0.25) is 5.02 Å². The summed E-state index contributed by atoms with van der Waals surface area (Å²) in [7, 11) is 1.46. The monoisotopic (exact) mass is 580 g/mol. The van der Waals surface area contributed by atoms with Gasteiger partial charge in [0, 0.05) is 12.1 Å². The lowest BCUT2D eigenvalue weighted by Crippen LogP contribution is -2.11. The maximum atomic E-state index is 12.8. The smallest absolute Gasteiger partial charge is 0.345 e. The van der Waals surface area contributed by atoms with Crippen molar-refractivity contribution in [2.24, 2.45) is 0 Å². The molecule has 0 aliphatic heterocycles. The first-order valence-corrected chi connectivity index (χ1v) is 13.6. The summed E-state index contributed by atoms with van der Waals surface area (Å²) in [4.78, 5) is 36.5. The fourth-order valence-corrected chi connectivity index (χ4v) is 3.94. The Kier molecular flexibility index (Phi) is 12.3. The molecule has 9 heteroatoms. The van der Waals surface area contributed by atoms with E-state index in [0.717, 1.165) is 25.3 Å². The van der Waals surface area contributed by atoms with Crippen LogP contribution in [0.15, 0.2) is 73.3 Å². The van der Waals surface area contributed by atoms with E-state index in [9.17, 15) is 14.4 Å². The summed E-state index contributed by atoms with van der Waals surface area (Å²) >= 11 is 6.32. The molecular weight excluding hydrogens is 548 g/mol. The molecule has 41 heavy (non-hydrogen) atoms. The number of benzene rings is 3. The van der Waals surface area contributed by atoms with Gasteiger partial charge in [0.25, 0.3) is 0 Å². The Morgan fingerprint density at radius 2 is 1.54 bits per heavy atom. The SMILES string of the molecule is C=CC(=O)OCCCCOc1ccc(C(=O)Oc2ccc(C(=O)Oc3ccc(CCCC)cc3)c(Cl)c2)cc1OC. The number of hydrogen-bond acceptors (Lipinski definition) is 8. The summed E-state index contributed by atoms with van der Waals surface area (Å²) in [6.45, 7) is 6.12. The van der Waals surface area contributed by atoms with Gasteiger partial charge >= 0.3 is 17.9 Å². The third-order valence-electron chi connectivity index (χ3n) is 5.93.